The van der Waals surface area contributed by atoms with Crippen LogP contribution >= 0.6 is 11.6 Å². The second-order valence-corrected chi connectivity index (χ2v) is 6.96. The molecule has 0 radical (unpaired) electrons. The van der Waals surface area contributed by atoms with Gasteiger partial charge in [-0.1, -0.05) is 35.7 Å². The summed E-state index contributed by atoms with van der Waals surface area (Å²) >= 11 is 5.93. The van der Waals surface area contributed by atoms with Crippen LogP contribution in [0.4, 0.5) is 5.69 Å². The van der Waals surface area contributed by atoms with Crippen molar-refractivity contribution in [2.24, 2.45) is 0 Å². The van der Waals surface area contributed by atoms with Crippen LogP contribution in [-0.2, 0) is 15.0 Å². The van der Waals surface area contributed by atoms with Crippen LogP contribution in [-0.4, -0.2) is 30.3 Å². The van der Waals surface area contributed by atoms with Gasteiger partial charge in [-0.2, -0.15) is 0 Å². The monoisotopic (exact) mass is 366 g/mol. The number of hydrogen-bond acceptors (Lipinski definition) is 2. The maximum atomic E-state index is 12.9. The first kappa shape index (κ1) is 18.0. The van der Waals surface area contributed by atoms with E-state index in [2.05, 4.69) is 11.2 Å². The highest BCUT2D eigenvalue weighted by molar-refractivity contribution is 6.30. The molecule has 0 spiro atoms. The molecule has 1 N–H and O–H groups in total. The normalized spacial score (nSPS) is 14.2. The molecule has 1 aliphatic carbocycles. The van der Waals surface area contributed by atoms with Crippen molar-refractivity contribution in [2.45, 2.75) is 18.3 Å². The molecule has 0 heterocycles. The van der Waals surface area contributed by atoms with E-state index in [4.69, 9.17) is 18.0 Å². The highest BCUT2D eigenvalue weighted by atomic mass is 35.5. The van der Waals surface area contributed by atoms with Crippen LogP contribution in [0.2, 0.25) is 5.02 Å². The molecule has 0 atom stereocenters. The fourth-order valence-electron chi connectivity index (χ4n) is 3.06. The van der Waals surface area contributed by atoms with Crippen molar-refractivity contribution in [2.75, 3.05) is 18.9 Å². The molecule has 3 rings (SSSR count). The van der Waals surface area contributed by atoms with E-state index in [0.717, 1.165) is 18.4 Å². The second kappa shape index (κ2) is 7.23. The minimum atomic E-state index is -0.525. The molecule has 1 fully saturated rings. The Morgan fingerprint density at radius 2 is 1.92 bits per heavy atom. The lowest BCUT2D eigenvalue weighted by Gasteiger charge is -2.23. The molecule has 2 aromatic carbocycles. The molecule has 0 aliphatic heterocycles. The van der Waals surface area contributed by atoms with Crippen molar-refractivity contribution in [1.29, 1.82) is 0 Å². The van der Waals surface area contributed by atoms with E-state index in [1.54, 1.807) is 43.4 Å². The molecule has 26 heavy (non-hydrogen) atoms. The van der Waals surface area contributed by atoms with Crippen molar-refractivity contribution in [3.8, 4) is 12.3 Å². The summed E-state index contributed by atoms with van der Waals surface area (Å²) in [7, 11) is 1.65. The number of nitrogens with zero attached hydrogens (tertiary/aromatic N) is 1. The minimum absolute atomic E-state index is 0.0194. The molecular weight excluding hydrogens is 348 g/mol. The predicted molar refractivity (Wildman–Crippen MR) is 103 cm³/mol. The van der Waals surface area contributed by atoms with Gasteiger partial charge in [0.25, 0.3) is 0 Å². The minimum Gasteiger partial charge on any atom is -0.336 e. The molecule has 2 amide bonds. The molecule has 4 nitrogen and oxygen atoms in total. The van der Waals surface area contributed by atoms with Crippen LogP contribution in [0.25, 0.3) is 0 Å². The molecule has 1 aliphatic rings. The quantitative estimate of drug-likeness (QED) is 0.824. The maximum absolute atomic E-state index is 12.9. The third-order valence-corrected chi connectivity index (χ3v) is 4.85. The number of terminal acetylenes is 1. The Kier molecular flexibility index (Phi) is 5.01. The van der Waals surface area contributed by atoms with Gasteiger partial charge in [0.1, 0.15) is 0 Å². The first-order valence-electron chi connectivity index (χ1n) is 8.33. The zero-order valence-corrected chi connectivity index (χ0v) is 15.2. The van der Waals surface area contributed by atoms with E-state index in [-0.39, 0.29) is 18.4 Å². The van der Waals surface area contributed by atoms with Crippen molar-refractivity contribution in [3.05, 3.63) is 64.7 Å². The highest BCUT2D eigenvalue weighted by Gasteiger charge is 2.52. The third-order valence-electron chi connectivity index (χ3n) is 4.60. The topological polar surface area (TPSA) is 49.4 Å². The number of carbonyl (C=O) groups excluding carboxylic acids is 2. The van der Waals surface area contributed by atoms with Crippen molar-refractivity contribution in [3.63, 3.8) is 0 Å². The molecule has 0 unspecified atom stereocenters. The number of benzene rings is 2. The number of halogens is 1. The zero-order valence-electron chi connectivity index (χ0n) is 14.5. The molecule has 2 aromatic rings. The summed E-state index contributed by atoms with van der Waals surface area (Å²) in [6, 6.07) is 14.4. The number of nitrogens with one attached hydrogen (secondary N) is 1. The van der Waals surface area contributed by atoms with Crippen molar-refractivity contribution < 1.29 is 9.59 Å². The standard InChI is InChI=1S/C21H19ClN2O2/c1-3-15-5-4-6-18(13-15)23-19(25)14-24(2)20(26)21(11-12-21)16-7-9-17(22)10-8-16/h1,4-10,13H,11-12,14H2,2H3,(H,23,25). The number of carbonyl (C=O) groups is 2. The van der Waals surface area contributed by atoms with Crippen LogP contribution < -0.4 is 5.32 Å². The van der Waals surface area contributed by atoms with E-state index in [9.17, 15) is 9.59 Å². The van der Waals surface area contributed by atoms with Gasteiger partial charge in [-0.25, -0.2) is 0 Å². The number of amides is 2. The van der Waals surface area contributed by atoms with Gasteiger partial charge in [0, 0.05) is 23.3 Å². The third kappa shape index (κ3) is 3.74. The van der Waals surface area contributed by atoms with Gasteiger partial charge in [-0.05, 0) is 48.7 Å². The van der Waals surface area contributed by atoms with Crippen molar-refractivity contribution in [1.82, 2.24) is 4.90 Å². The number of likely N-dealkylation sites (N-methyl/N-ethyl adjacent to an activating group) is 1. The molecular formula is C21H19ClN2O2. The summed E-state index contributed by atoms with van der Waals surface area (Å²) in [5.41, 5.74) is 1.72. The average molecular weight is 367 g/mol. The first-order chi connectivity index (χ1) is 12.4. The van der Waals surface area contributed by atoms with E-state index in [1.807, 2.05) is 12.1 Å². The number of anilines is 1. The van der Waals surface area contributed by atoms with Gasteiger partial charge < -0.3 is 10.2 Å². The number of rotatable bonds is 5. The largest absolute Gasteiger partial charge is 0.336 e. The Morgan fingerprint density at radius 3 is 2.54 bits per heavy atom. The van der Waals surface area contributed by atoms with E-state index < -0.39 is 5.41 Å². The van der Waals surface area contributed by atoms with Crippen LogP contribution in [0.3, 0.4) is 0 Å². The van der Waals surface area contributed by atoms with Crippen LogP contribution in [0.15, 0.2) is 48.5 Å². The van der Waals surface area contributed by atoms with E-state index in [0.29, 0.717) is 16.3 Å². The highest BCUT2D eigenvalue weighted by Crippen LogP contribution is 2.49. The smallest absolute Gasteiger partial charge is 0.243 e. The fraction of sp³-hybridized carbons (Fsp3) is 0.238. The average Bonchev–Trinajstić information content (AvgIpc) is 3.43. The summed E-state index contributed by atoms with van der Waals surface area (Å²) in [5.74, 6) is 2.21. The molecule has 132 valence electrons. The summed E-state index contributed by atoms with van der Waals surface area (Å²) in [6.45, 7) is -0.0194. The summed E-state index contributed by atoms with van der Waals surface area (Å²) in [6.07, 6.45) is 6.93. The van der Waals surface area contributed by atoms with Crippen LogP contribution in [0, 0.1) is 12.3 Å². The van der Waals surface area contributed by atoms with E-state index >= 15 is 0 Å². The maximum Gasteiger partial charge on any atom is 0.243 e. The van der Waals surface area contributed by atoms with E-state index in [1.165, 1.54) is 4.90 Å². The fourth-order valence-corrected chi connectivity index (χ4v) is 3.19. The Bertz CT molecular complexity index is 880. The van der Waals surface area contributed by atoms with Gasteiger partial charge in [-0.3, -0.25) is 9.59 Å². The SMILES string of the molecule is C#Cc1cccc(NC(=O)CN(C)C(=O)C2(c3ccc(Cl)cc3)CC2)c1. The van der Waals surface area contributed by atoms with Gasteiger partial charge in [0.05, 0.1) is 12.0 Å². The zero-order chi connectivity index (χ0) is 18.7. The van der Waals surface area contributed by atoms with Crippen molar-refractivity contribution >= 4 is 29.1 Å². The van der Waals surface area contributed by atoms with Gasteiger partial charge in [0.2, 0.25) is 11.8 Å². The molecule has 0 aromatic heterocycles. The van der Waals surface area contributed by atoms with Crippen LogP contribution in [0.1, 0.15) is 24.0 Å². The Balaban J connectivity index is 1.64. The predicted octanol–water partition coefficient (Wildman–Crippen LogP) is 3.45. The molecule has 0 bridgehead atoms. The van der Waals surface area contributed by atoms with Gasteiger partial charge in [-0.15, -0.1) is 6.42 Å². The lowest BCUT2D eigenvalue weighted by Crippen LogP contribution is -2.41. The number of hydrogen-bond donors (Lipinski definition) is 1. The van der Waals surface area contributed by atoms with Crippen LogP contribution in [0.5, 0.6) is 0 Å². The van der Waals surface area contributed by atoms with Gasteiger partial charge in [0.15, 0.2) is 0 Å². The molecule has 0 saturated heterocycles. The molecule has 1 saturated carbocycles. The lowest BCUT2D eigenvalue weighted by atomic mass is 9.94. The first-order valence-corrected chi connectivity index (χ1v) is 8.70. The Morgan fingerprint density at radius 1 is 1.23 bits per heavy atom. The second-order valence-electron chi connectivity index (χ2n) is 6.52. The summed E-state index contributed by atoms with van der Waals surface area (Å²) < 4.78 is 0. The Hall–Kier alpha value is -2.77. The van der Waals surface area contributed by atoms with Gasteiger partial charge >= 0.3 is 0 Å². The Labute approximate surface area is 158 Å². The summed E-state index contributed by atoms with van der Waals surface area (Å²) in [4.78, 5) is 26.6. The molecule has 5 heteroatoms. The summed E-state index contributed by atoms with van der Waals surface area (Å²) in [5, 5.41) is 3.41. The lowest BCUT2D eigenvalue weighted by molar-refractivity contribution is -0.135.